The zero-order chi connectivity index (χ0) is 20.0. The number of allylic oxidation sites excluding steroid dienone is 1. The molecule has 0 aromatic heterocycles. The summed E-state index contributed by atoms with van der Waals surface area (Å²) in [5.74, 6) is -1.06. The molecular weight excluding hydrogens is 360 g/mol. The van der Waals surface area contributed by atoms with E-state index >= 15 is 0 Å². The summed E-state index contributed by atoms with van der Waals surface area (Å²) in [5.41, 5.74) is 0.369. The van der Waals surface area contributed by atoms with Gasteiger partial charge in [0.05, 0.1) is 19.2 Å². The van der Waals surface area contributed by atoms with Crippen molar-refractivity contribution < 1.29 is 24.3 Å². The minimum atomic E-state index is -1.60. The van der Waals surface area contributed by atoms with Crippen molar-refractivity contribution in [2.75, 3.05) is 12.4 Å². The van der Waals surface area contributed by atoms with Crippen LogP contribution in [0.4, 0.5) is 5.69 Å². The Bertz CT molecular complexity index is 906. The number of nitrogens with one attached hydrogen (secondary N) is 1. The van der Waals surface area contributed by atoms with Crippen molar-refractivity contribution in [1.29, 1.82) is 0 Å². The molecule has 2 aromatic carbocycles. The molecular formula is C21H20N2O5. The first kappa shape index (κ1) is 19.2. The summed E-state index contributed by atoms with van der Waals surface area (Å²) < 4.78 is 5.08. The van der Waals surface area contributed by atoms with E-state index in [4.69, 9.17) is 9.57 Å². The number of anilines is 1. The molecule has 7 nitrogen and oxygen atoms in total. The lowest BCUT2D eigenvalue weighted by molar-refractivity contribution is -0.152. The minimum absolute atomic E-state index is 0.0601. The molecule has 2 aromatic rings. The Hall–Kier alpha value is -3.61. The predicted octanol–water partition coefficient (Wildman–Crippen LogP) is 3.34. The van der Waals surface area contributed by atoms with Gasteiger partial charge in [0.15, 0.2) is 0 Å². The maximum Gasteiger partial charge on any atom is 0.308 e. The van der Waals surface area contributed by atoms with E-state index in [2.05, 4.69) is 10.5 Å². The van der Waals surface area contributed by atoms with Gasteiger partial charge in [-0.15, -0.1) is 0 Å². The van der Waals surface area contributed by atoms with Crippen molar-refractivity contribution in [3.05, 3.63) is 66.2 Å². The van der Waals surface area contributed by atoms with Crippen molar-refractivity contribution in [3.63, 3.8) is 0 Å². The van der Waals surface area contributed by atoms with Gasteiger partial charge in [0.25, 0.3) is 5.91 Å². The number of carbonyl (C=O) groups is 2. The Morgan fingerprint density at radius 3 is 2.54 bits per heavy atom. The SMILES string of the molecule is COc1ccc(NC(=O)[C@@]2(CC(=O)O)CC(/C=C/c3ccccc3)=NO2)cc1. The maximum absolute atomic E-state index is 12.8. The van der Waals surface area contributed by atoms with E-state index in [1.54, 1.807) is 37.5 Å². The topological polar surface area (TPSA) is 97.2 Å². The second kappa shape index (κ2) is 8.39. The minimum Gasteiger partial charge on any atom is -0.497 e. The molecule has 2 N–H and O–H groups in total. The van der Waals surface area contributed by atoms with Gasteiger partial charge in [0.1, 0.15) is 5.75 Å². The van der Waals surface area contributed by atoms with Gasteiger partial charge >= 0.3 is 5.97 Å². The van der Waals surface area contributed by atoms with Crippen molar-refractivity contribution in [1.82, 2.24) is 0 Å². The lowest BCUT2D eigenvalue weighted by Gasteiger charge is -2.23. The number of nitrogens with zero attached hydrogens (tertiary/aromatic N) is 1. The molecule has 3 rings (SSSR count). The van der Waals surface area contributed by atoms with Crippen LogP contribution in [0.3, 0.4) is 0 Å². The molecule has 0 unspecified atom stereocenters. The summed E-state index contributed by atoms with van der Waals surface area (Å²) in [6.07, 6.45) is 3.12. The first-order valence-electron chi connectivity index (χ1n) is 8.66. The maximum atomic E-state index is 12.8. The Labute approximate surface area is 162 Å². The summed E-state index contributed by atoms with van der Waals surface area (Å²) in [6, 6.07) is 16.3. The van der Waals surface area contributed by atoms with Crippen LogP contribution in [0, 0.1) is 0 Å². The molecule has 1 amide bonds. The Morgan fingerprint density at radius 1 is 1.18 bits per heavy atom. The van der Waals surface area contributed by atoms with E-state index in [0.29, 0.717) is 17.1 Å². The Kier molecular flexibility index (Phi) is 5.74. The largest absolute Gasteiger partial charge is 0.497 e. The van der Waals surface area contributed by atoms with Crippen LogP contribution in [-0.2, 0) is 14.4 Å². The van der Waals surface area contributed by atoms with Crippen LogP contribution in [0.5, 0.6) is 5.75 Å². The fourth-order valence-corrected chi connectivity index (χ4v) is 2.81. The summed E-state index contributed by atoms with van der Waals surface area (Å²) in [4.78, 5) is 29.5. The third-order valence-electron chi connectivity index (χ3n) is 4.27. The van der Waals surface area contributed by atoms with Gasteiger partial charge in [0, 0.05) is 12.1 Å². The predicted molar refractivity (Wildman–Crippen MR) is 105 cm³/mol. The zero-order valence-electron chi connectivity index (χ0n) is 15.3. The summed E-state index contributed by atoms with van der Waals surface area (Å²) in [7, 11) is 1.55. The molecule has 0 saturated heterocycles. The highest BCUT2D eigenvalue weighted by atomic mass is 16.7. The Morgan fingerprint density at radius 2 is 1.89 bits per heavy atom. The van der Waals surface area contributed by atoms with Gasteiger partial charge in [-0.1, -0.05) is 41.6 Å². The number of methoxy groups -OCH3 is 1. The molecule has 0 radical (unpaired) electrons. The van der Waals surface area contributed by atoms with Gasteiger partial charge in [-0.2, -0.15) is 0 Å². The molecule has 0 spiro atoms. The molecule has 0 fully saturated rings. The number of amides is 1. The number of aliphatic carboxylic acids is 1. The number of hydrogen-bond acceptors (Lipinski definition) is 5. The molecule has 1 atom stereocenters. The van der Waals surface area contributed by atoms with Crippen LogP contribution in [0.2, 0.25) is 0 Å². The number of oxime groups is 1. The van der Waals surface area contributed by atoms with Gasteiger partial charge in [-0.3, -0.25) is 9.59 Å². The number of rotatable bonds is 7. The summed E-state index contributed by atoms with van der Waals surface area (Å²) in [5, 5.41) is 15.9. The van der Waals surface area contributed by atoms with Gasteiger partial charge in [-0.05, 0) is 35.9 Å². The van der Waals surface area contributed by atoms with E-state index < -0.39 is 23.9 Å². The lowest BCUT2D eigenvalue weighted by Crippen LogP contribution is -2.45. The second-order valence-corrected chi connectivity index (χ2v) is 6.34. The molecule has 1 aliphatic rings. The standard InChI is InChI=1S/C21H20N2O5/c1-27-18-11-9-16(10-12-18)22-20(26)21(14-19(24)25)13-17(23-28-21)8-7-15-5-3-2-4-6-15/h2-12H,13-14H2,1H3,(H,22,26)(H,24,25)/b8-7+/t21-/m0/s1. The van der Waals surface area contributed by atoms with Crippen molar-refractivity contribution in [3.8, 4) is 5.75 Å². The van der Waals surface area contributed by atoms with E-state index in [-0.39, 0.29) is 6.42 Å². The van der Waals surface area contributed by atoms with Crippen molar-refractivity contribution in [2.24, 2.45) is 5.16 Å². The quantitative estimate of drug-likeness (QED) is 0.768. The average Bonchev–Trinajstić information content (AvgIpc) is 3.11. The van der Waals surface area contributed by atoms with Gasteiger partial charge in [0.2, 0.25) is 5.60 Å². The van der Waals surface area contributed by atoms with Crippen LogP contribution in [-0.4, -0.2) is 35.4 Å². The van der Waals surface area contributed by atoms with Crippen LogP contribution < -0.4 is 10.1 Å². The van der Waals surface area contributed by atoms with Crippen LogP contribution in [0.15, 0.2) is 65.8 Å². The fourth-order valence-electron chi connectivity index (χ4n) is 2.81. The van der Waals surface area contributed by atoms with Crippen LogP contribution in [0.1, 0.15) is 18.4 Å². The van der Waals surface area contributed by atoms with E-state index in [0.717, 1.165) is 5.56 Å². The number of ether oxygens (including phenoxy) is 1. The molecule has 0 saturated carbocycles. The number of carbonyl (C=O) groups excluding carboxylic acids is 1. The van der Waals surface area contributed by atoms with E-state index in [9.17, 15) is 14.7 Å². The third-order valence-corrected chi connectivity index (χ3v) is 4.27. The van der Waals surface area contributed by atoms with E-state index in [1.165, 1.54) is 0 Å². The normalized spacial score (nSPS) is 18.4. The molecule has 1 aliphatic heterocycles. The number of benzene rings is 2. The first-order chi connectivity index (χ1) is 13.5. The molecule has 28 heavy (non-hydrogen) atoms. The van der Waals surface area contributed by atoms with E-state index in [1.807, 2.05) is 36.4 Å². The highest BCUT2D eigenvalue weighted by molar-refractivity contribution is 6.08. The zero-order valence-corrected chi connectivity index (χ0v) is 15.3. The van der Waals surface area contributed by atoms with Crippen LogP contribution in [0.25, 0.3) is 6.08 Å². The third kappa shape index (κ3) is 4.56. The summed E-state index contributed by atoms with van der Waals surface area (Å²) >= 11 is 0. The monoisotopic (exact) mass is 380 g/mol. The molecule has 0 aliphatic carbocycles. The summed E-state index contributed by atoms with van der Waals surface area (Å²) in [6.45, 7) is 0. The number of carboxylic acids is 1. The number of hydrogen-bond donors (Lipinski definition) is 2. The molecule has 0 bridgehead atoms. The fraction of sp³-hybridized carbons (Fsp3) is 0.190. The average molecular weight is 380 g/mol. The molecule has 1 heterocycles. The highest BCUT2D eigenvalue weighted by Gasteiger charge is 2.48. The van der Waals surface area contributed by atoms with Gasteiger partial charge < -0.3 is 20.0 Å². The molecule has 144 valence electrons. The highest BCUT2D eigenvalue weighted by Crippen LogP contribution is 2.30. The second-order valence-electron chi connectivity index (χ2n) is 6.34. The van der Waals surface area contributed by atoms with Gasteiger partial charge in [-0.25, -0.2) is 0 Å². The van der Waals surface area contributed by atoms with Crippen LogP contribution >= 0.6 is 0 Å². The Balaban J connectivity index is 1.73. The van der Waals surface area contributed by atoms with Crippen molar-refractivity contribution >= 4 is 29.4 Å². The van der Waals surface area contributed by atoms with Crippen molar-refractivity contribution in [2.45, 2.75) is 18.4 Å². The lowest BCUT2D eigenvalue weighted by atomic mass is 9.92. The first-order valence-corrected chi connectivity index (χ1v) is 8.66. The number of carboxylic acid groups (broad SMARTS) is 1. The molecule has 7 heteroatoms. The smallest absolute Gasteiger partial charge is 0.308 e.